The maximum atomic E-state index is 5.67. The summed E-state index contributed by atoms with van der Waals surface area (Å²) in [4.78, 5) is 8.69. The van der Waals surface area contributed by atoms with Crippen LogP contribution < -0.4 is 10.1 Å². The molecule has 0 aliphatic heterocycles. The lowest BCUT2D eigenvalue weighted by molar-refractivity contribution is 0.338. The van der Waals surface area contributed by atoms with E-state index in [0.717, 1.165) is 33.7 Å². The molecule has 0 fully saturated rings. The van der Waals surface area contributed by atoms with Crippen LogP contribution in [0.3, 0.4) is 0 Å². The predicted molar refractivity (Wildman–Crippen MR) is 85.2 cm³/mol. The van der Waals surface area contributed by atoms with E-state index in [2.05, 4.69) is 15.3 Å². The summed E-state index contributed by atoms with van der Waals surface area (Å²) in [5.41, 5.74) is 2.98. The van der Waals surface area contributed by atoms with Crippen LogP contribution in [-0.4, -0.2) is 16.6 Å². The van der Waals surface area contributed by atoms with E-state index in [1.807, 2.05) is 56.3 Å². The number of para-hydroxylation sites is 1. The van der Waals surface area contributed by atoms with Gasteiger partial charge >= 0.3 is 0 Å². The Labute approximate surface area is 123 Å². The van der Waals surface area contributed by atoms with Crippen LogP contribution >= 0.6 is 0 Å². The summed E-state index contributed by atoms with van der Waals surface area (Å²) >= 11 is 0. The van der Waals surface area contributed by atoms with Gasteiger partial charge in [0, 0.05) is 11.1 Å². The normalized spacial score (nSPS) is 10.6. The Morgan fingerprint density at radius 2 is 1.90 bits per heavy atom. The van der Waals surface area contributed by atoms with E-state index < -0.39 is 0 Å². The molecule has 4 nitrogen and oxygen atoms in total. The van der Waals surface area contributed by atoms with Gasteiger partial charge in [0.05, 0.1) is 12.1 Å². The van der Waals surface area contributed by atoms with E-state index >= 15 is 0 Å². The van der Waals surface area contributed by atoms with Crippen LogP contribution in [0.25, 0.3) is 10.9 Å². The van der Waals surface area contributed by atoms with Gasteiger partial charge in [-0.05, 0) is 43.7 Å². The lowest BCUT2D eigenvalue weighted by Gasteiger charge is -2.12. The molecule has 3 rings (SSSR count). The fourth-order valence-corrected chi connectivity index (χ4v) is 2.26. The van der Waals surface area contributed by atoms with Gasteiger partial charge in [-0.15, -0.1) is 0 Å². The predicted octanol–water partition coefficient (Wildman–Crippen LogP) is 4.08. The molecule has 3 aromatic rings. The summed E-state index contributed by atoms with van der Waals surface area (Å²) in [5.74, 6) is 1.66. The molecular weight excluding hydrogens is 262 g/mol. The molecule has 0 radical (unpaired) electrons. The number of nitrogens with one attached hydrogen (secondary N) is 1. The molecule has 0 spiro atoms. The number of aryl methyl sites for hydroxylation is 1. The number of fused-ring (bicyclic) bond motifs is 1. The first-order valence-corrected chi connectivity index (χ1v) is 6.98. The minimum atomic E-state index is 0.640. The first kappa shape index (κ1) is 13.4. The van der Waals surface area contributed by atoms with Crippen LogP contribution in [0, 0.1) is 6.92 Å². The third-order valence-corrected chi connectivity index (χ3v) is 3.27. The van der Waals surface area contributed by atoms with Crippen molar-refractivity contribution in [3.05, 3.63) is 54.4 Å². The molecule has 106 valence electrons. The molecule has 0 atom stereocenters. The zero-order chi connectivity index (χ0) is 14.7. The summed E-state index contributed by atoms with van der Waals surface area (Å²) in [6, 6.07) is 14.0. The third-order valence-electron chi connectivity index (χ3n) is 3.27. The van der Waals surface area contributed by atoms with Gasteiger partial charge in [0.2, 0.25) is 0 Å². The number of hydrogen-bond acceptors (Lipinski definition) is 4. The summed E-state index contributed by atoms with van der Waals surface area (Å²) in [6.07, 6.45) is 1.58. The second-order valence-corrected chi connectivity index (χ2v) is 4.78. The highest BCUT2D eigenvalue weighted by Crippen LogP contribution is 2.29. The second kappa shape index (κ2) is 5.79. The molecule has 4 heteroatoms. The van der Waals surface area contributed by atoms with E-state index in [4.69, 9.17) is 4.74 Å². The van der Waals surface area contributed by atoms with Gasteiger partial charge in [-0.2, -0.15) is 0 Å². The van der Waals surface area contributed by atoms with Crippen molar-refractivity contribution in [2.75, 3.05) is 11.9 Å². The summed E-state index contributed by atoms with van der Waals surface area (Å²) in [7, 11) is 0. The summed E-state index contributed by atoms with van der Waals surface area (Å²) in [5, 5.41) is 4.28. The van der Waals surface area contributed by atoms with Crippen LogP contribution in [0.4, 0.5) is 11.5 Å². The topological polar surface area (TPSA) is 47.0 Å². The standard InChI is InChI=1S/C17H17N3O/c1-3-21-16-10-14-15(9-12(16)2)18-11-19-17(14)20-13-7-5-4-6-8-13/h4-11H,3H2,1-2H3,(H,18,19,20). The van der Waals surface area contributed by atoms with E-state index in [-0.39, 0.29) is 0 Å². The Hall–Kier alpha value is -2.62. The molecule has 0 saturated carbocycles. The van der Waals surface area contributed by atoms with Crippen molar-refractivity contribution in [2.45, 2.75) is 13.8 Å². The highest BCUT2D eigenvalue weighted by atomic mass is 16.5. The maximum absolute atomic E-state index is 5.67. The highest BCUT2D eigenvalue weighted by Gasteiger charge is 2.08. The van der Waals surface area contributed by atoms with Crippen LogP contribution in [-0.2, 0) is 0 Å². The van der Waals surface area contributed by atoms with Gasteiger partial charge in [0.15, 0.2) is 0 Å². The number of ether oxygens (including phenoxy) is 1. The van der Waals surface area contributed by atoms with Gasteiger partial charge in [-0.25, -0.2) is 9.97 Å². The number of benzene rings is 2. The lowest BCUT2D eigenvalue weighted by atomic mass is 10.1. The van der Waals surface area contributed by atoms with Crippen molar-refractivity contribution in [2.24, 2.45) is 0 Å². The van der Waals surface area contributed by atoms with Crippen LogP contribution in [0.5, 0.6) is 5.75 Å². The van der Waals surface area contributed by atoms with Gasteiger partial charge < -0.3 is 10.1 Å². The molecule has 1 heterocycles. The third kappa shape index (κ3) is 2.79. The van der Waals surface area contributed by atoms with Gasteiger partial charge in [-0.1, -0.05) is 18.2 Å². The van der Waals surface area contributed by atoms with Crippen molar-refractivity contribution in [3.63, 3.8) is 0 Å². The molecule has 0 amide bonds. The van der Waals surface area contributed by atoms with E-state index in [9.17, 15) is 0 Å². The highest BCUT2D eigenvalue weighted by molar-refractivity contribution is 5.92. The Bertz CT molecular complexity index is 757. The van der Waals surface area contributed by atoms with Crippen molar-refractivity contribution < 1.29 is 4.74 Å². The first-order valence-electron chi connectivity index (χ1n) is 6.98. The minimum absolute atomic E-state index is 0.640. The fraction of sp³-hybridized carbons (Fsp3) is 0.176. The van der Waals surface area contributed by atoms with Gasteiger partial charge in [-0.3, -0.25) is 0 Å². The smallest absolute Gasteiger partial charge is 0.141 e. The Balaban J connectivity index is 2.07. The molecule has 2 aromatic carbocycles. The number of rotatable bonds is 4. The van der Waals surface area contributed by atoms with Crippen molar-refractivity contribution in [3.8, 4) is 5.75 Å². The fourth-order valence-electron chi connectivity index (χ4n) is 2.26. The number of aromatic nitrogens is 2. The Kier molecular flexibility index (Phi) is 3.69. The average Bonchev–Trinajstić information content (AvgIpc) is 2.50. The number of anilines is 2. The van der Waals surface area contributed by atoms with E-state index in [0.29, 0.717) is 6.61 Å². The zero-order valence-electron chi connectivity index (χ0n) is 12.1. The first-order chi connectivity index (χ1) is 10.3. The monoisotopic (exact) mass is 279 g/mol. The van der Waals surface area contributed by atoms with Crippen molar-refractivity contribution >= 4 is 22.4 Å². The van der Waals surface area contributed by atoms with Crippen molar-refractivity contribution in [1.82, 2.24) is 9.97 Å². The molecule has 0 saturated heterocycles. The maximum Gasteiger partial charge on any atom is 0.141 e. The molecule has 0 bridgehead atoms. The van der Waals surface area contributed by atoms with Crippen molar-refractivity contribution in [1.29, 1.82) is 0 Å². The molecule has 1 aromatic heterocycles. The van der Waals surface area contributed by atoms with Gasteiger partial charge in [0.1, 0.15) is 17.9 Å². The SMILES string of the molecule is CCOc1cc2c(Nc3ccccc3)ncnc2cc1C. The minimum Gasteiger partial charge on any atom is -0.494 e. The van der Waals surface area contributed by atoms with Crippen LogP contribution in [0.2, 0.25) is 0 Å². The number of nitrogens with zero attached hydrogens (tertiary/aromatic N) is 2. The largest absolute Gasteiger partial charge is 0.494 e. The Morgan fingerprint density at radius 1 is 1.10 bits per heavy atom. The number of hydrogen-bond donors (Lipinski definition) is 1. The summed E-state index contributed by atoms with van der Waals surface area (Å²) in [6.45, 7) is 4.65. The van der Waals surface area contributed by atoms with Crippen LogP contribution in [0.1, 0.15) is 12.5 Å². The second-order valence-electron chi connectivity index (χ2n) is 4.78. The molecule has 0 aliphatic rings. The van der Waals surface area contributed by atoms with E-state index in [1.165, 1.54) is 0 Å². The molecular formula is C17H17N3O. The Morgan fingerprint density at radius 3 is 2.67 bits per heavy atom. The average molecular weight is 279 g/mol. The lowest BCUT2D eigenvalue weighted by Crippen LogP contribution is -1.98. The van der Waals surface area contributed by atoms with Gasteiger partial charge in [0.25, 0.3) is 0 Å². The zero-order valence-corrected chi connectivity index (χ0v) is 12.1. The molecule has 1 N–H and O–H groups in total. The molecule has 0 aliphatic carbocycles. The summed E-state index contributed by atoms with van der Waals surface area (Å²) < 4.78 is 5.67. The van der Waals surface area contributed by atoms with Crippen LogP contribution in [0.15, 0.2) is 48.8 Å². The molecule has 0 unspecified atom stereocenters. The van der Waals surface area contributed by atoms with E-state index in [1.54, 1.807) is 6.33 Å². The quantitative estimate of drug-likeness (QED) is 0.781. The molecule has 21 heavy (non-hydrogen) atoms.